The van der Waals surface area contributed by atoms with Gasteiger partial charge < -0.3 is 34.1 Å². The molecule has 0 bridgehead atoms. The van der Waals surface area contributed by atoms with Crippen LogP contribution >= 0.6 is 11.3 Å². The average molecular weight is 526 g/mol. The first kappa shape index (κ1) is 26.3. The van der Waals surface area contributed by atoms with Gasteiger partial charge in [-0.15, -0.1) is 11.3 Å². The first-order valence-electron chi connectivity index (χ1n) is 11.9. The Labute approximate surface area is 220 Å². The van der Waals surface area contributed by atoms with Crippen LogP contribution in [-0.4, -0.2) is 62.4 Å². The van der Waals surface area contributed by atoms with E-state index >= 15 is 0 Å². The van der Waals surface area contributed by atoms with Crippen LogP contribution in [0.15, 0.2) is 60.0 Å². The van der Waals surface area contributed by atoms with Crippen LogP contribution in [0.25, 0.3) is 0 Å². The van der Waals surface area contributed by atoms with Gasteiger partial charge in [0.2, 0.25) is 12.7 Å². The molecule has 0 saturated carbocycles. The summed E-state index contributed by atoms with van der Waals surface area (Å²) in [4.78, 5) is 31.1. The normalized spacial score (nSPS) is 11.7. The van der Waals surface area contributed by atoms with E-state index in [-0.39, 0.29) is 25.3 Å². The lowest BCUT2D eigenvalue weighted by Gasteiger charge is -2.28. The van der Waals surface area contributed by atoms with Gasteiger partial charge in [-0.2, -0.15) is 0 Å². The zero-order valence-electron chi connectivity index (χ0n) is 21.0. The minimum Gasteiger partial charge on any atom is -0.497 e. The highest BCUT2D eigenvalue weighted by Crippen LogP contribution is 2.33. The summed E-state index contributed by atoms with van der Waals surface area (Å²) in [5.41, 5.74) is 1.50. The van der Waals surface area contributed by atoms with E-state index in [4.69, 9.17) is 18.9 Å². The lowest BCUT2D eigenvalue weighted by Crippen LogP contribution is -2.44. The van der Waals surface area contributed by atoms with Crippen LogP contribution in [0.2, 0.25) is 0 Å². The quantitative estimate of drug-likeness (QED) is 0.348. The SMILES string of the molecule is COCCCN(CC(=O)N(Cc1ccc2c(c1)OCO2)Cc1cccs1)C(=O)Nc1cccc(OC)c1. The molecule has 37 heavy (non-hydrogen) atoms. The minimum absolute atomic E-state index is 0.0740. The second kappa shape index (κ2) is 13.0. The molecule has 9 nitrogen and oxygen atoms in total. The number of carbonyl (C=O) groups excluding carboxylic acids is 2. The molecule has 0 spiro atoms. The zero-order chi connectivity index (χ0) is 26.0. The number of methoxy groups -OCH3 is 2. The van der Waals surface area contributed by atoms with E-state index in [1.54, 1.807) is 54.7 Å². The minimum atomic E-state index is -0.364. The van der Waals surface area contributed by atoms with Crippen molar-refractivity contribution in [2.45, 2.75) is 19.5 Å². The number of anilines is 1. The molecule has 1 aromatic heterocycles. The predicted octanol–water partition coefficient (Wildman–Crippen LogP) is 4.58. The van der Waals surface area contributed by atoms with Gasteiger partial charge in [-0.3, -0.25) is 4.79 Å². The number of benzene rings is 2. The van der Waals surface area contributed by atoms with Crippen LogP contribution < -0.4 is 19.5 Å². The van der Waals surface area contributed by atoms with Gasteiger partial charge >= 0.3 is 6.03 Å². The number of fused-ring (bicyclic) bond motifs is 1. The standard InChI is InChI=1S/C27H31N3O6S/c1-33-12-5-11-29(27(32)28-21-6-3-7-22(15-21)34-2)18-26(31)30(17-23-8-4-13-37-23)16-20-9-10-24-25(14-20)36-19-35-24/h3-4,6-10,13-15H,5,11-12,16-19H2,1-2H3,(H,28,32). The molecule has 2 aromatic carbocycles. The molecule has 3 aromatic rings. The van der Waals surface area contributed by atoms with Crippen LogP contribution in [0.5, 0.6) is 17.2 Å². The fraction of sp³-hybridized carbons (Fsp3) is 0.333. The molecule has 1 N–H and O–H groups in total. The molecular formula is C27H31N3O6S. The highest BCUT2D eigenvalue weighted by atomic mass is 32.1. The van der Waals surface area contributed by atoms with Crippen LogP contribution in [0, 0.1) is 0 Å². The van der Waals surface area contributed by atoms with Gasteiger partial charge in [0.1, 0.15) is 12.3 Å². The van der Waals surface area contributed by atoms with Gasteiger partial charge in [-0.25, -0.2) is 4.79 Å². The number of nitrogens with one attached hydrogen (secondary N) is 1. The summed E-state index contributed by atoms with van der Waals surface area (Å²) in [7, 11) is 3.18. The third kappa shape index (κ3) is 7.37. The number of carbonyl (C=O) groups is 2. The largest absolute Gasteiger partial charge is 0.497 e. The van der Waals surface area contributed by atoms with E-state index in [0.717, 1.165) is 10.4 Å². The maximum absolute atomic E-state index is 13.6. The fourth-order valence-corrected chi connectivity index (χ4v) is 4.62. The van der Waals surface area contributed by atoms with Crippen molar-refractivity contribution in [3.63, 3.8) is 0 Å². The van der Waals surface area contributed by atoms with Gasteiger partial charge in [0, 0.05) is 43.4 Å². The van der Waals surface area contributed by atoms with Crippen molar-refractivity contribution >= 4 is 29.0 Å². The number of amides is 3. The van der Waals surface area contributed by atoms with Crippen molar-refractivity contribution in [2.75, 3.05) is 46.0 Å². The smallest absolute Gasteiger partial charge is 0.322 e. The molecule has 0 unspecified atom stereocenters. The molecule has 0 atom stereocenters. The number of thiophene rings is 1. The third-order valence-electron chi connectivity index (χ3n) is 5.80. The van der Waals surface area contributed by atoms with Crippen LogP contribution in [0.3, 0.4) is 0 Å². The Morgan fingerprint density at radius 3 is 2.65 bits per heavy atom. The van der Waals surface area contributed by atoms with Crippen LogP contribution in [0.1, 0.15) is 16.9 Å². The number of rotatable bonds is 12. The van der Waals surface area contributed by atoms with E-state index in [0.29, 0.717) is 55.6 Å². The molecule has 1 aliphatic heterocycles. The Kier molecular flexibility index (Phi) is 9.23. The molecule has 0 saturated heterocycles. The summed E-state index contributed by atoms with van der Waals surface area (Å²) in [5, 5.41) is 4.86. The Morgan fingerprint density at radius 2 is 1.86 bits per heavy atom. The summed E-state index contributed by atoms with van der Waals surface area (Å²) in [5.74, 6) is 1.83. The number of urea groups is 1. The van der Waals surface area contributed by atoms with E-state index in [2.05, 4.69) is 5.32 Å². The molecule has 4 rings (SSSR count). The van der Waals surface area contributed by atoms with Gasteiger partial charge in [0.25, 0.3) is 0 Å². The molecule has 10 heteroatoms. The molecule has 0 aliphatic carbocycles. The molecule has 2 heterocycles. The molecule has 1 aliphatic rings. The van der Waals surface area contributed by atoms with Crippen molar-refractivity contribution in [1.29, 1.82) is 0 Å². The Hall–Kier alpha value is -3.76. The Bertz CT molecular complexity index is 1190. The van der Waals surface area contributed by atoms with Gasteiger partial charge in [0.05, 0.1) is 13.7 Å². The zero-order valence-corrected chi connectivity index (χ0v) is 21.8. The molecule has 0 fully saturated rings. The highest BCUT2D eigenvalue weighted by molar-refractivity contribution is 7.09. The second-order valence-corrected chi connectivity index (χ2v) is 9.48. The maximum atomic E-state index is 13.6. The molecule has 196 valence electrons. The van der Waals surface area contributed by atoms with E-state index in [1.165, 1.54) is 4.90 Å². The summed E-state index contributed by atoms with van der Waals surface area (Å²) in [6, 6.07) is 16.4. The molecular weight excluding hydrogens is 494 g/mol. The summed E-state index contributed by atoms with van der Waals surface area (Å²) in [6.07, 6.45) is 0.600. The van der Waals surface area contributed by atoms with Gasteiger partial charge in [-0.1, -0.05) is 18.2 Å². The molecule has 3 amide bonds. The van der Waals surface area contributed by atoms with Gasteiger partial charge in [-0.05, 0) is 47.7 Å². The maximum Gasteiger partial charge on any atom is 0.322 e. The topological polar surface area (TPSA) is 89.6 Å². The van der Waals surface area contributed by atoms with E-state index < -0.39 is 0 Å². The van der Waals surface area contributed by atoms with Crippen molar-refractivity contribution in [3.8, 4) is 17.2 Å². The molecule has 0 radical (unpaired) electrons. The van der Waals surface area contributed by atoms with Crippen LogP contribution in [0.4, 0.5) is 10.5 Å². The second-order valence-electron chi connectivity index (χ2n) is 8.45. The fourth-order valence-electron chi connectivity index (χ4n) is 3.90. The Balaban J connectivity index is 1.49. The summed E-state index contributed by atoms with van der Waals surface area (Å²) < 4.78 is 21.3. The summed E-state index contributed by atoms with van der Waals surface area (Å²) >= 11 is 1.59. The van der Waals surface area contributed by atoms with E-state index in [1.807, 2.05) is 35.7 Å². The average Bonchev–Trinajstić information content (AvgIpc) is 3.59. The first-order valence-corrected chi connectivity index (χ1v) is 12.8. The first-order chi connectivity index (χ1) is 18.1. The number of hydrogen-bond acceptors (Lipinski definition) is 7. The van der Waals surface area contributed by atoms with Gasteiger partial charge in [0.15, 0.2) is 11.5 Å². The van der Waals surface area contributed by atoms with Crippen molar-refractivity contribution in [1.82, 2.24) is 9.80 Å². The number of hydrogen-bond donors (Lipinski definition) is 1. The van der Waals surface area contributed by atoms with Crippen molar-refractivity contribution < 1.29 is 28.5 Å². The third-order valence-corrected chi connectivity index (χ3v) is 6.66. The summed E-state index contributed by atoms with van der Waals surface area (Å²) in [6.45, 7) is 1.77. The lowest BCUT2D eigenvalue weighted by atomic mass is 10.2. The predicted molar refractivity (Wildman–Crippen MR) is 141 cm³/mol. The monoisotopic (exact) mass is 525 g/mol. The van der Waals surface area contributed by atoms with Crippen molar-refractivity contribution in [2.24, 2.45) is 0 Å². The lowest BCUT2D eigenvalue weighted by molar-refractivity contribution is -0.133. The van der Waals surface area contributed by atoms with Crippen molar-refractivity contribution in [3.05, 3.63) is 70.4 Å². The Morgan fingerprint density at radius 1 is 1.00 bits per heavy atom. The van der Waals surface area contributed by atoms with Crippen LogP contribution in [-0.2, 0) is 22.6 Å². The highest BCUT2D eigenvalue weighted by Gasteiger charge is 2.23. The number of ether oxygens (including phenoxy) is 4. The number of nitrogens with zero attached hydrogens (tertiary/aromatic N) is 2. The van der Waals surface area contributed by atoms with E-state index in [9.17, 15) is 9.59 Å².